The molecular weight excluding hydrogens is 696 g/mol. The molecule has 0 aromatic carbocycles. The van der Waals surface area contributed by atoms with Crippen LogP contribution in [-0.2, 0) is 0 Å². The van der Waals surface area contributed by atoms with Gasteiger partial charge in [0.1, 0.15) is 37.2 Å². The predicted octanol–water partition coefficient (Wildman–Crippen LogP) is 7.02. The van der Waals surface area contributed by atoms with Crippen LogP contribution in [0.1, 0.15) is 0 Å². The maximum absolute atomic E-state index is 4.59. The second-order valence-corrected chi connectivity index (χ2v) is 11.7. The van der Waals surface area contributed by atoms with E-state index < -0.39 is 0 Å². The van der Waals surface area contributed by atoms with E-state index in [1.807, 2.05) is 60.7 Å². The van der Waals surface area contributed by atoms with Gasteiger partial charge in [-0.25, -0.2) is 29.9 Å². The molecule has 0 amide bonds. The van der Waals surface area contributed by atoms with Crippen molar-refractivity contribution in [1.29, 1.82) is 0 Å². The number of hydrogen-bond acceptors (Lipinski definition) is 14. The van der Waals surface area contributed by atoms with E-state index in [-0.39, 0.29) is 0 Å². The first kappa shape index (κ1) is 31.3. The third-order valence-electron chi connectivity index (χ3n) is 5.88. The Balaban J connectivity index is 0.000000136. The molecule has 0 aliphatic rings. The molecule has 8 aromatic heterocycles. The Kier molecular flexibility index (Phi) is 10.7. The minimum atomic E-state index is 0.589. The molecule has 0 fully saturated rings. The van der Waals surface area contributed by atoms with Crippen molar-refractivity contribution in [2.45, 2.75) is 0 Å². The second-order valence-electron chi connectivity index (χ2n) is 9.04. The van der Waals surface area contributed by atoms with Crippen molar-refractivity contribution in [2.75, 3.05) is 0 Å². The molecule has 0 unspecified atom stereocenters. The summed E-state index contributed by atoms with van der Waals surface area (Å²) in [6, 6.07) is 22.6. The Labute approximate surface area is 285 Å². The zero-order valence-electron chi connectivity index (χ0n) is 24.2. The number of nitrogens with zero attached hydrogens (tertiary/aromatic N) is 12. The minimum Gasteiger partial charge on any atom is -0.264 e. The molecule has 0 radical (unpaired) electrons. The van der Waals surface area contributed by atoms with E-state index in [1.165, 1.54) is 22.7 Å². The van der Waals surface area contributed by atoms with Gasteiger partial charge in [0.05, 0.1) is 0 Å². The highest BCUT2D eigenvalue weighted by Crippen LogP contribution is 2.29. The van der Waals surface area contributed by atoms with Crippen LogP contribution >= 0.6 is 38.6 Å². The minimum absolute atomic E-state index is 0.589. The molecule has 0 atom stereocenters. The Morgan fingerprint density at radius 2 is 1.06 bits per heavy atom. The van der Waals surface area contributed by atoms with Gasteiger partial charge in [0.25, 0.3) is 0 Å². The van der Waals surface area contributed by atoms with Crippen LogP contribution in [0.5, 0.6) is 0 Å². The van der Waals surface area contributed by atoms with Crippen LogP contribution in [0.15, 0.2) is 132 Å². The molecule has 0 aliphatic heterocycles. The quantitative estimate of drug-likeness (QED) is 0.168. The molecule has 15 heteroatoms. The lowest BCUT2D eigenvalue weighted by Crippen LogP contribution is -1.91. The molecule has 0 saturated heterocycles. The Morgan fingerprint density at radius 3 is 1.64 bits per heavy atom. The van der Waals surface area contributed by atoms with Gasteiger partial charge in [0.15, 0.2) is 16.7 Å². The van der Waals surface area contributed by atoms with Gasteiger partial charge >= 0.3 is 0 Å². The van der Waals surface area contributed by atoms with Gasteiger partial charge in [-0.2, -0.15) is 0 Å². The van der Waals surface area contributed by atoms with E-state index in [1.54, 1.807) is 67.2 Å². The lowest BCUT2D eigenvalue weighted by molar-refractivity contribution is 1.08. The summed E-state index contributed by atoms with van der Waals surface area (Å²) in [5.41, 5.74) is 5.91. The standard InChI is InChI=1S/C16H10N6S.C9H6BrN3.C7H5N3S/c1-5-12(14-18-8-3-9-19-14)20-13(6-1)16-22-21-15(23-16)11-4-2-7-17-10-11;10-8-4-1-3-7(13-8)9-11-5-2-6-12-9;1-2-6(4-8-3-1)7-10-9-5-11-7/h1-10H;1-6H;1-5H. The fraction of sp³-hybridized carbons (Fsp3) is 0. The topological polar surface area (TPSA) is 155 Å². The van der Waals surface area contributed by atoms with Gasteiger partial charge in [-0.3, -0.25) is 9.97 Å². The number of pyridine rings is 4. The number of hydrogen-bond donors (Lipinski definition) is 0. The third kappa shape index (κ3) is 8.76. The van der Waals surface area contributed by atoms with E-state index in [4.69, 9.17) is 0 Å². The van der Waals surface area contributed by atoms with Crippen LogP contribution in [0.3, 0.4) is 0 Å². The van der Waals surface area contributed by atoms with Crippen LogP contribution < -0.4 is 0 Å². The first-order valence-electron chi connectivity index (χ1n) is 13.8. The van der Waals surface area contributed by atoms with Crippen LogP contribution in [0.2, 0.25) is 0 Å². The molecule has 0 spiro atoms. The molecule has 0 bridgehead atoms. The SMILES string of the molecule is Brc1cccc(-c2ncccn2)n1.c1cnc(-c2cccc(-c3nnc(-c4cccnc4)s3)n2)nc1.c1cncc(-c2nncs2)c1. The van der Waals surface area contributed by atoms with Crippen molar-refractivity contribution in [1.82, 2.24) is 60.3 Å². The predicted molar refractivity (Wildman–Crippen MR) is 183 cm³/mol. The van der Waals surface area contributed by atoms with Crippen molar-refractivity contribution in [3.63, 3.8) is 0 Å². The van der Waals surface area contributed by atoms with Gasteiger partial charge in [-0.1, -0.05) is 34.8 Å². The van der Waals surface area contributed by atoms with Gasteiger partial charge in [0, 0.05) is 60.7 Å². The maximum Gasteiger partial charge on any atom is 0.178 e. The molecule has 47 heavy (non-hydrogen) atoms. The van der Waals surface area contributed by atoms with Gasteiger partial charge < -0.3 is 0 Å². The normalized spacial score (nSPS) is 10.2. The van der Waals surface area contributed by atoms with E-state index in [0.717, 1.165) is 42.1 Å². The highest BCUT2D eigenvalue weighted by molar-refractivity contribution is 9.10. The van der Waals surface area contributed by atoms with E-state index in [9.17, 15) is 0 Å². The van der Waals surface area contributed by atoms with Crippen molar-refractivity contribution in [2.24, 2.45) is 0 Å². The zero-order valence-corrected chi connectivity index (χ0v) is 27.4. The molecular formula is C32H21BrN12S2. The summed E-state index contributed by atoms with van der Waals surface area (Å²) in [7, 11) is 0. The van der Waals surface area contributed by atoms with Crippen molar-refractivity contribution >= 4 is 38.6 Å². The fourth-order valence-electron chi connectivity index (χ4n) is 3.79. The number of aromatic nitrogens is 12. The largest absolute Gasteiger partial charge is 0.264 e. The van der Waals surface area contributed by atoms with E-state index >= 15 is 0 Å². The highest BCUT2D eigenvalue weighted by Gasteiger charge is 2.11. The average molecular weight is 718 g/mol. The van der Waals surface area contributed by atoms with Gasteiger partial charge in [-0.15, -0.1) is 20.4 Å². The van der Waals surface area contributed by atoms with E-state index in [0.29, 0.717) is 17.3 Å². The van der Waals surface area contributed by atoms with E-state index in [2.05, 4.69) is 76.2 Å². The molecule has 8 aromatic rings. The van der Waals surface area contributed by atoms with Crippen LogP contribution in [-0.4, -0.2) is 60.3 Å². The fourth-order valence-corrected chi connectivity index (χ4v) is 5.49. The summed E-state index contributed by atoms with van der Waals surface area (Å²) in [6.45, 7) is 0. The molecule has 0 saturated carbocycles. The summed E-state index contributed by atoms with van der Waals surface area (Å²) in [4.78, 5) is 33.5. The monoisotopic (exact) mass is 716 g/mol. The lowest BCUT2D eigenvalue weighted by atomic mass is 10.3. The second kappa shape index (κ2) is 16.1. The molecule has 0 aliphatic carbocycles. The summed E-state index contributed by atoms with van der Waals surface area (Å²) in [5, 5.41) is 18.6. The molecule has 0 N–H and O–H groups in total. The Morgan fingerprint density at radius 1 is 0.489 bits per heavy atom. The smallest absolute Gasteiger partial charge is 0.178 e. The van der Waals surface area contributed by atoms with Crippen LogP contribution in [0.4, 0.5) is 0 Å². The Hall–Kier alpha value is -5.64. The summed E-state index contributed by atoms with van der Waals surface area (Å²) in [6.07, 6.45) is 13.8. The third-order valence-corrected chi connectivity index (χ3v) is 8.05. The molecule has 8 heterocycles. The zero-order chi connectivity index (χ0) is 32.1. The first-order chi connectivity index (χ1) is 23.2. The number of rotatable bonds is 5. The first-order valence-corrected chi connectivity index (χ1v) is 16.3. The van der Waals surface area contributed by atoms with Crippen LogP contribution in [0.25, 0.3) is 54.9 Å². The average Bonchev–Trinajstić information content (AvgIpc) is 3.88. The van der Waals surface area contributed by atoms with Crippen LogP contribution in [0, 0.1) is 0 Å². The number of halogens is 1. The summed E-state index contributed by atoms with van der Waals surface area (Å²) < 4.78 is 0.789. The lowest BCUT2D eigenvalue weighted by Gasteiger charge is -2.00. The molecule has 12 nitrogen and oxygen atoms in total. The van der Waals surface area contributed by atoms with Gasteiger partial charge in [-0.05, 0) is 76.6 Å². The highest BCUT2D eigenvalue weighted by atomic mass is 79.9. The Bertz CT molecular complexity index is 2100. The maximum atomic E-state index is 4.59. The summed E-state index contributed by atoms with van der Waals surface area (Å²) in [5.74, 6) is 1.23. The van der Waals surface area contributed by atoms with Crippen molar-refractivity contribution in [3.8, 4) is 54.9 Å². The van der Waals surface area contributed by atoms with Crippen molar-refractivity contribution in [3.05, 3.63) is 132 Å². The van der Waals surface area contributed by atoms with Gasteiger partial charge in [0.2, 0.25) is 0 Å². The van der Waals surface area contributed by atoms with Crippen molar-refractivity contribution < 1.29 is 0 Å². The molecule has 8 rings (SSSR count). The summed E-state index contributed by atoms with van der Waals surface area (Å²) >= 11 is 6.28. The molecule has 228 valence electrons.